The molecule has 1 unspecified atom stereocenters. The second-order valence-corrected chi connectivity index (χ2v) is 15.1. The van der Waals surface area contributed by atoms with Crippen LogP contribution in [-0.4, -0.2) is 91.3 Å². The number of thiazole rings is 1. The summed E-state index contributed by atoms with van der Waals surface area (Å²) < 4.78 is 3.01. The Labute approximate surface area is 274 Å². The van der Waals surface area contributed by atoms with Gasteiger partial charge in [0.05, 0.1) is 34.9 Å². The molecule has 4 aromatic rings. The first-order valence-corrected chi connectivity index (χ1v) is 18.4. The van der Waals surface area contributed by atoms with Crippen LogP contribution in [0.15, 0.2) is 35.7 Å². The van der Waals surface area contributed by atoms with Gasteiger partial charge in [-0.25, -0.2) is 14.5 Å². The lowest BCUT2D eigenvalue weighted by Crippen LogP contribution is -2.48. The van der Waals surface area contributed by atoms with E-state index in [1.165, 1.54) is 4.88 Å². The molecule has 238 valence electrons. The standard InChI is InChI=1S/C30H38N10O2S3/c1-2-23(28-35-36-37-40(28)17-20-6-5-15-43-20)38-11-13-39(14-12-38)30-33-21-10-9-19(16-25(21)45-30)31-26(41)8-4-3-7-24-27-22(18-44-24)32-29(42)34-27/h5-6,9-10,15-16,22-24,27H,2-4,7-8,11-14,17-18H2,1H3,(H,31,41)(H2,32,34,42)/t22-,23?,24-,27-/m0/s1. The summed E-state index contributed by atoms with van der Waals surface area (Å²) in [5.74, 6) is 1.93. The third kappa shape index (κ3) is 6.81. The van der Waals surface area contributed by atoms with Crippen LogP contribution in [0, 0.1) is 0 Å². The largest absolute Gasteiger partial charge is 0.345 e. The Bertz CT molecular complexity index is 1620. The maximum atomic E-state index is 12.7. The number of fused-ring (bicyclic) bond motifs is 2. The maximum Gasteiger partial charge on any atom is 0.315 e. The highest BCUT2D eigenvalue weighted by molar-refractivity contribution is 8.00. The Morgan fingerprint density at radius 3 is 2.87 bits per heavy atom. The lowest BCUT2D eigenvalue weighted by atomic mass is 10.0. The van der Waals surface area contributed by atoms with Crippen LogP contribution < -0.4 is 20.9 Å². The summed E-state index contributed by atoms with van der Waals surface area (Å²) >= 11 is 5.32. The van der Waals surface area contributed by atoms with Gasteiger partial charge >= 0.3 is 6.03 Å². The minimum absolute atomic E-state index is 0.0369. The maximum absolute atomic E-state index is 12.7. The zero-order valence-corrected chi connectivity index (χ0v) is 27.7. The van der Waals surface area contributed by atoms with Crippen LogP contribution in [0.4, 0.5) is 15.6 Å². The number of nitrogens with one attached hydrogen (secondary N) is 3. The zero-order valence-electron chi connectivity index (χ0n) is 25.2. The van der Waals surface area contributed by atoms with E-state index in [1.807, 2.05) is 34.6 Å². The van der Waals surface area contributed by atoms with E-state index in [-0.39, 0.29) is 30.1 Å². The van der Waals surface area contributed by atoms with Crippen molar-refractivity contribution in [3.05, 3.63) is 46.4 Å². The predicted molar refractivity (Wildman–Crippen MR) is 180 cm³/mol. The van der Waals surface area contributed by atoms with Gasteiger partial charge in [0.25, 0.3) is 0 Å². The van der Waals surface area contributed by atoms with Crippen LogP contribution in [0.2, 0.25) is 0 Å². The zero-order chi connectivity index (χ0) is 30.8. The van der Waals surface area contributed by atoms with Gasteiger partial charge in [-0.2, -0.15) is 11.8 Å². The number of urea groups is 1. The van der Waals surface area contributed by atoms with E-state index in [2.05, 4.69) is 65.7 Å². The quantitative estimate of drug-likeness (QED) is 0.149. The topological polar surface area (TPSA) is 133 Å². The molecule has 45 heavy (non-hydrogen) atoms. The summed E-state index contributed by atoms with van der Waals surface area (Å²) in [6, 6.07) is 10.7. The molecule has 15 heteroatoms. The van der Waals surface area contributed by atoms with E-state index in [1.54, 1.807) is 22.7 Å². The average Bonchev–Trinajstić information content (AvgIpc) is 3.88. The van der Waals surface area contributed by atoms with E-state index >= 15 is 0 Å². The van der Waals surface area contributed by atoms with Crippen molar-refractivity contribution in [1.29, 1.82) is 0 Å². The monoisotopic (exact) mass is 666 g/mol. The fourth-order valence-electron chi connectivity index (χ4n) is 6.56. The number of carbonyl (C=O) groups is 2. The van der Waals surface area contributed by atoms with Gasteiger partial charge in [-0.1, -0.05) is 30.7 Å². The van der Waals surface area contributed by atoms with Crippen LogP contribution in [0.1, 0.15) is 55.8 Å². The molecule has 0 spiro atoms. The van der Waals surface area contributed by atoms with Crippen molar-refractivity contribution in [1.82, 2.24) is 40.7 Å². The summed E-state index contributed by atoms with van der Waals surface area (Å²) in [4.78, 5) is 35.3. The van der Waals surface area contributed by atoms with Gasteiger partial charge in [0.15, 0.2) is 11.0 Å². The predicted octanol–water partition coefficient (Wildman–Crippen LogP) is 4.33. The Hall–Kier alpha value is -3.27. The fraction of sp³-hybridized carbons (Fsp3) is 0.533. The van der Waals surface area contributed by atoms with Crippen LogP contribution >= 0.6 is 34.4 Å². The first-order chi connectivity index (χ1) is 22.0. The van der Waals surface area contributed by atoms with Gasteiger partial charge in [-0.15, -0.1) is 16.4 Å². The summed E-state index contributed by atoms with van der Waals surface area (Å²) in [7, 11) is 0. The molecule has 3 N–H and O–H groups in total. The van der Waals surface area contributed by atoms with Crippen molar-refractivity contribution in [2.75, 3.05) is 42.1 Å². The lowest BCUT2D eigenvalue weighted by molar-refractivity contribution is -0.116. The first-order valence-electron chi connectivity index (χ1n) is 15.7. The molecule has 0 radical (unpaired) electrons. The number of hydrogen-bond donors (Lipinski definition) is 3. The number of thiophene rings is 1. The summed E-state index contributed by atoms with van der Waals surface area (Å²) in [5.41, 5.74) is 1.77. The van der Waals surface area contributed by atoms with E-state index < -0.39 is 0 Å². The van der Waals surface area contributed by atoms with Gasteiger partial charge in [-0.05, 0) is 59.3 Å². The van der Waals surface area contributed by atoms with Crippen LogP contribution in [0.5, 0.6) is 0 Å². The number of anilines is 2. The van der Waals surface area contributed by atoms with E-state index in [4.69, 9.17) is 4.98 Å². The molecule has 3 aliphatic heterocycles. The van der Waals surface area contributed by atoms with Crippen molar-refractivity contribution in [3.63, 3.8) is 0 Å². The Kier molecular flexibility index (Phi) is 9.19. The van der Waals surface area contributed by atoms with E-state index in [0.717, 1.165) is 84.5 Å². The van der Waals surface area contributed by atoms with Crippen molar-refractivity contribution in [2.24, 2.45) is 0 Å². The number of rotatable bonds is 12. The molecule has 7 rings (SSSR count). The van der Waals surface area contributed by atoms with Crippen LogP contribution in [0.25, 0.3) is 10.2 Å². The lowest BCUT2D eigenvalue weighted by Gasteiger charge is -2.38. The minimum Gasteiger partial charge on any atom is -0.345 e. The molecule has 3 aromatic heterocycles. The van der Waals surface area contributed by atoms with Gasteiger partial charge < -0.3 is 20.9 Å². The minimum atomic E-state index is -0.0519. The van der Waals surface area contributed by atoms with Crippen LogP contribution in [0.3, 0.4) is 0 Å². The number of tetrazole rings is 1. The van der Waals surface area contributed by atoms with Gasteiger partial charge in [0, 0.05) is 54.2 Å². The molecule has 3 saturated heterocycles. The van der Waals surface area contributed by atoms with Gasteiger partial charge in [-0.3, -0.25) is 9.69 Å². The number of carbonyl (C=O) groups excluding carboxylic acids is 2. The highest BCUT2D eigenvalue weighted by Crippen LogP contribution is 2.34. The number of hydrogen-bond acceptors (Lipinski definition) is 11. The summed E-state index contributed by atoms with van der Waals surface area (Å²) in [5, 5.41) is 25.3. The highest BCUT2D eigenvalue weighted by atomic mass is 32.2. The molecule has 0 saturated carbocycles. The molecule has 0 bridgehead atoms. The first kappa shape index (κ1) is 30.4. The molecular weight excluding hydrogens is 629 g/mol. The summed E-state index contributed by atoms with van der Waals surface area (Å²) in [6.45, 7) is 6.49. The second-order valence-electron chi connectivity index (χ2n) is 11.8. The Balaban J connectivity index is 0.894. The van der Waals surface area contributed by atoms with E-state index in [0.29, 0.717) is 18.2 Å². The van der Waals surface area contributed by atoms with Crippen molar-refractivity contribution >= 4 is 67.4 Å². The summed E-state index contributed by atoms with van der Waals surface area (Å²) in [6.07, 6.45) is 4.26. The molecule has 3 fully saturated rings. The molecule has 6 heterocycles. The normalized spacial score (nSPS) is 22.4. The fourth-order valence-corrected chi connectivity index (χ4v) is 9.85. The third-order valence-electron chi connectivity index (χ3n) is 8.90. The molecule has 1 aromatic carbocycles. The highest BCUT2D eigenvalue weighted by Gasteiger charge is 2.42. The average molecular weight is 667 g/mol. The van der Waals surface area contributed by atoms with Gasteiger partial charge in [0.1, 0.15) is 0 Å². The number of amides is 3. The van der Waals surface area contributed by atoms with Crippen molar-refractivity contribution < 1.29 is 9.59 Å². The smallest absolute Gasteiger partial charge is 0.315 e. The molecule has 3 aliphatic rings. The molecule has 4 atom stereocenters. The van der Waals surface area contributed by atoms with Gasteiger partial charge in [0.2, 0.25) is 5.91 Å². The number of benzene rings is 1. The number of thioether (sulfide) groups is 1. The number of nitrogens with zero attached hydrogens (tertiary/aromatic N) is 7. The van der Waals surface area contributed by atoms with Crippen molar-refractivity contribution in [2.45, 2.75) is 68.9 Å². The molecule has 3 amide bonds. The number of aromatic nitrogens is 5. The van der Waals surface area contributed by atoms with Crippen molar-refractivity contribution in [3.8, 4) is 0 Å². The second kappa shape index (κ2) is 13.6. The third-order valence-corrected chi connectivity index (χ3v) is 12.3. The molecular formula is C30H38N10O2S3. The molecule has 0 aliphatic carbocycles. The Morgan fingerprint density at radius 2 is 2.04 bits per heavy atom. The Morgan fingerprint density at radius 1 is 1.16 bits per heavy atom. The molecule has 12 nitrogen and oxygen atoms in total. The number of piperazine rings is 1. The SMILES string of the molecule is CCC(c1nnnn1Cc1cccs1)N1CCN(c2nc3ccc(NC(=O)CCCC[C@@H]4SC[C@@H]5NC(=O)N[C@@H]54)cc3s2)CC1. The number of unbranched alkanes of at least 4 members (excludes halogenated alkanes) is 1. The van der Waals surface area contributed by atoms with Crippen LogP contribution in [-0.2, 0) is 11.3 Å². The van der Waals surface area contributed by atoms with E-state index in [9.17, 15) is 9.59 Å².